The van der Waals surface area contributed by atoms with Crippen molar-refractivity contribution < 1.29 is 15.0 Å². The van der Waals surface area contributed by atoms with E-state index in [9.17, 15) is 4.79 Å². The third-order valence-corrected chi connectivity index (χ3v) is 3.70. The van der Waals surface area contributed by atoms with Crippen LogP contribution in [0.2, 0.25) is 5.02 Å². The van der Waals surface area contributed by atoms with E-state index in [1.54, 1.807) is 0 Å². The van der Waals surface area contributed by atoms with E-state index in [1.807, 2.05) is 24.3 Å². The molecule has 1 aromatic rings. The Bertz CT molecular complexity index is 397. The summed E-state index contributed by atoms with van der Waals surface area (Å²) in [7, 11) is 0. The smallest absolute Gasteiger partial charge is 0.232 e. The number of amides is 1. The third kappa shape index (κ3) is 6.29. The molecule has 0 aliphatic rings. The molecule has 0 unspecified atom stereocenters. The van der Waals surface area contributed by atoms with Crippen molar-refractivity contribution in [1.29, 1.82) is 0 Å². The second-order valence-electron chi connectivity index (χ2n) is 3.95. The summed E-state index contributed by atoms with van der Waals surface area (Å²) in [5, 5.41) is 18.4. The van der Waals surface area contributed by atoms with Crippen molar-refractivity contribution >= 4 is 29.3 Å². The number of hydrogen-bond donors (Lipinski definition) is 2. The number of aliphatic hydroxyl groups is 2. The van der Waals surface area contributed by atoms with E-state index in [0.29, 0.717) is 16.5 Å². The predicted molar refractivity (Wildman–Crippen MR) is 78.4 cm³/mol. The fourth-order valence-corrected chi connectivity index (χ4v) is 2.66. The molecule has 0 fully saturated rings. The van der Waals surface area contributed by atoms with Crippen LogP contribution in [0.25, 0.3) is 0 Å². The van der Waals surface area contributed by atoms with Crippen LogP contribution in [0.3, 0.4) is 0 Å². The molecule has 6 heteroatoms. The highest BCUT2D eigenvalue weighted by atomic mass is 35.5. The largest absolute Gasteiger partial charge is 0.395 e. The van der Waals surface area contributed by atoms with Crippen LogP contribution in [0, 0.1) is 0 Å². The number of rotatable bonds is 8. The van der Waals surface area contributed by atoms with Gasteiger partial charge in [-0.1, -0.05) is 23.7 Å². The van der Waals surface area contributed by atoms with Crippen molar-refractivity contribution in [3.05, 3.63) is 34.9 Å². The first-order valence-corrected chi connectivity index (χ1v) is 7.52. The van der Waals surface area contributed by atoms with Gasteiger partial charge in [0.2, 0.25) is 5.91 Å². The van der Waals surface area contributed by atoms with Gasteiger partial charge in [-0.15, -0.1) is 11.8 Å². The summed E-state index contributed by atoms with van der Waals surface area (Å²) in [6.45, 7) is 0.337. The lowest BCUT2D eigenvalue weighted by molar-refractivity contribution is -0.129. The Kier molecular flexibility index (Phi) is 7.90. The van der Waals surface area contributed by atoms with Crippen molar-refractivity contribution in [3.63, 3.8) is 0 Å². The monoisotopic (exact) mass is 303 g/mol. The van der Waals surface area contributed by atoms with Crippen molar-refractivity contribution in [2.75, 3.05) is 32.1 Å². The molecule has 0 heterocycles. The molecule has 1 amide bonds. The molecule has 0 aliphatic carbocycles. The highest BCUT2D eigenvalue weighted by Crippen LogP contribution is 2.16. The molecule has 2 N–H and O–H groups in total. The Morgan fingerprint density at radius 1 is 1.26 bits per heavy atom. The fourth-order valence-electron chi connectivity index (χ4n) is 1.58. The Morgan fingerprint density at radius 2 is 1.95 bits per heavy atom. The van der Waals surface area contributed by atoms with E-state index in [1.165, 1.54) is 16.7 Å². The van der Waals surface area contributed by atoms with Crippen LogP contribution < -0.4 is 0 Å². The molecule has 106 valence electrons. The average Bonchev–Trinajstić information content (AvgIpc) is 2.38. The molecule has 0 spiro atoms. The van der Waals surface area contributed by atoms with Crippen molar-refractivity contribution in [2.24, 2.45) is 0 Å². The summed E-state index contributed by atoms with van der Waals surface area (Å²) in [4.78, 5) is 13.3. The second-order valence-corrected chi connectivity index (χ2v) is 5.37. The minimum atomic E-state index is -0.0926. The first kappa shape index (κ1) is 16.3. The summed E-state index contributed by atoms with van der Waals surface area (Å²) >= 11 is 7.37. The number of thioether (sulfide) groups is 1. The number of hydrogen-bond acceptors (Lipinski definition) is 4. The molecular weight excluding hydrogens is 286 g/mol. The van der Waals surface area contributed by atoms with Crippen LogP contribution in [0.15, 0.2) is 24.3 Å². The number of carbonyl (C=O) groups excluding carboxylic acids is 1. The summed E-state index contributed by atoms with van der Waals surface area (Å²) in [6.07, 6.45) is 0. The minimum Gasteiger partial charge on any atom is -0.395 e. The highest BCUT2D eigenvalue weighted by Gasteiger charge is 2.12. The van der Waals surface area contributed by atoms with E-state index in [-0.39, 0.29) is 32.2 Å². The minimum absolute atomic E-state index is 0.0740. The van der Waals surface area contributed by atoms with Gasteiger partial charge in [-0.2, -0.15) is 0 Å². The highest BCUT2D eigenvalue weighted by molar-refractivity contribution is 7.99. The molecule has 0 saturated carbocycles. The maximum Gasteiger partial charge on any atom is 0.232 e. The molecule has 0 radical (unpaired) electrons. The number of benzene rings is 1. The summed E-state index contributed by atoms with van der Waals surface area (Å²) < 4.78 is 0. The SMILES string of the molecule is O=C(CSCc1cccc(Cl)c1)N(CCO)CCO. The Labute approximate surface area is 122 Å². The predicted octanol–water partition coefficient (Wildman–Crippen LogP) is 1.39. The second kappa shape index (κ2) is 9.20. The first-order chi connectivity index (χ1) is 9.17. The van der Waals surface area contributed by atoms with Crippen molar-refractivity contribution in [1.82, 2.24) is 4.90 Å². The zero-order valence-corrected chi connectivity index (χ0v) is 12.2. The fraction of sp³-hybridized carbons (Fsp3) is 0.462. The zero-order valence-electron chi connectivity index (χ0n) is 10.6. The van der Waals surface area contributed by atoms with Gasteiger partial charge in [0.25, 0.3) is 0 Å². The van der Waals surface area contributed by atoms with Gasteiger partial charge in [-0.05, 0) is 17.7 Å². The van der Waals surface area contributed by atoms with Gasteiger partial charge in [0.05, 0.1) is 19.0 Å². The van der Waals surface area contributed by atoms with Crippen LogP contribution >= 0.6 is 23.4 Å². The third-order valence-electron chi connectivity index (χ3n) is 2.48. The summed E-state index contributed by atoms with van der Waals surface area (Å²) in [5.41, 5.74) is 1.07. The maximum absolute atomic E-state index is 11.8. The standard InChI is InChI=1S/C13H18ClNO3S/c14-12-3-1-2-11(8-12)9-19-10-13(18)15(4-6-16)5-7-17/h1-3,8,16-17H,4-7,9-10H2. The molecule has 1 rings (SSSR count). The Morgan fingerprint density at radius 3 is 2.53 bits per heavy atom. The topological polar surface area (TPSA) is 60.8 Å². The van der Waals surface area contributed by atoms with E-state index in [2.05, 4.69) is 0 Å². The van der Waals surface area contributed by atoms with Crippen LogP contribution in [-0.2, 0) is 10.5 Å². The quantitative estimate of drug-likeness (QED) is 0.762. The van der Waals surface area contributed by atoms with Gasteiger partial charge in [-0.25, -0.2) is 0 Å². The molecule has 0 bridgehead atoms. The van der Waals surface area contributed by atoms with Gasteiger partial charge < -0.3 is 15.1 Å². The molecular formula is C13H18ClNO3S. The number of nitrogens with zero attached hydrogens (tertiary/aromatic N) is 1. The number of carbonyl (C=O) groups is 1. The van der Waals surface area contributed by atoms with E-state index < -0.39 is 0 Å². The van der Waals surface area contributed by atoms with E-state index >= 15 is 0 Å². The molecule has 0 atom stereocenters. The molecule has 1 aromatic carbocycles. The van der Waals surface area contributed by atoms with Crippen molar-refractivity contribution in [3.8, 4) is 0 Å². The van der Waals surface area contributed by atoms with Crippen LogP contribution in [0.1, 0.15) is 5.56 Å². The average molecular weight is 304 g/mol. The lowest BCUT2D eigenvalue weighted by Crippen LogP contribution is -2.37. The Hall–Kier alpha value is -0.750. The van der Waals surface area contributed by atoms with Gasteiger partial charge in [0, 0.05) is 23.9 Å². The van der Waals surface area contributed by atoms with Crippen molar-refractivity contribution in [2.45, 2.75) is 5.75 Å². The zero-order chi connectivity index (χ0) is 14.1. The van der Waals surface area contributed by atoms with E-state index in [0.717, 1.165) is 5.56 Å². The molecule has 4 nitrogen and oxygen atoms in total. The van der Waals surface area contributed by atoms with Gasteiger partial charge in [-0.3, -0.25) is 4.79 Å². The molecule has 19 heavy (non-hydrogen) atoms. The maximum atomic E-state index is 11.8. The van der Waals surface area contributed by atoms with Crippen LogP contribution in [0.4, 0.5) is 0 Å². The van der Waals surface area contributed by atoms with E-state index in [4.69, 9.17) is 21.8 Å². The normalized spacial score (nSPS) is 10.5. The summed E-state index contributed by atoms with van der Waals surface area (Å²) in [6, 6.07) is 7.52. The number of halogens is 1. The first-order valence-electron chi connectivity index (χ1n) is 5.99. The molecule has 0 saturated heterocycles. The Balaban J connectivity index is 2.36. The molecule has 0 aromatic heterocycles. The van der Waals surface area contributed by atoms with Crippen LogP contribution in [-0.4, -0.2) is 53.1 Å². The number of aliphatic hydroxyl groups excluding tert-OH is 2. The summed E-state index contributed by atoms with van der Waals surface area (Å²) in [5.74, 6) is 0.959. The van der Waals surface area contributed by atoms with Gasteiger partial charge >= 0.3 is 0 Å². The lowest BCUT2D eigenvalue weighted by atomic mass is 10.2. The van der Waals surface area contributed by atoms with Gasteiger partial charge in [0.1, 0.15) is 0 Å². The lowest BCUT2D eigenvalue weighted by Gasteiger charge is -2.20. The molecule has 0 aliphatic heterocycles. The van der Waals surface area contributed by atoms with Crippen LogP contribution in [0.5, 0.6) is 0 Å². The van der Waals surface area contributed by atoms with Gasteiger partial charge in [0.15, 0.2) is 0 Å².